The predicted molar refractivity (Wildman–Crippen MR) is 91.2 cm³/mol. The normalized spacial score (nSPS) is 10.6. The summed E-state index contributed by atoms with van der Waals surface area (Å²) in [5.74, 6) is 0.438. The van der Waals surface area contributed by atoms with Gasteiger partial charge in [-0.3, -0.25) is 0 Å². The van der Waals surface area contributed by atoms with E-state index in [2.05, 4.69) is 25.2 Å². The van der Waals surface area contributed by atoms with Gasteiger partial charge in [0, 0.05) is 11.3 Å². The van der Waals surface area contributed by atoms with E-state index >= 15 is 0 Å². The summed E-state index contributed by atoms with van der Waals surface area (Å²) >= 11 is 11.2. The summed E-state index contributed by atoms with van der Waals surface area (Å²) in [7, 11) is 0. The van der Waals surface area contributed by atoms with Crippen molar-refractivity contribution in [2.45, 2.75) is 19.8 Å². The number of halogens is 1. The molecule has 0 amide bonds. The van der Waals surface area contributed by atoms with E-state index in [-0.39, 0.29) is 0 Å². The summed E-state index contributed by atoms with van der Waals surface area (Å²) in [5, 5.41) is 3.98. The molecule has 0 spiro atoms. The number of hydrogen-bond donors (Lipinski definition) is 2. The lowest BCUT2D eigenvalue weighted by atomic mass is 10.0. The molecule has 0 atom stereocenters. The number of hydrogen-bond acceptors (Lipinski definition) is 2. The van der Waals surface area contributed by atoms with Gasteiger partial charge < -0.3 is 11.1 Å². The fraction of sp³-hybridized carbons (Fsp3) is 0.188. The molecule has 0 saturated heterocycles. The lowest BCUT2D eigenvalue weighted by Crippen LogP contribution is -2.09. The van der Waals surface area contributed by atoms with Crippen molar-refractivity contribution in [2.75, 3.05) is 5.32 Å². The quantitative estimate of drug-likeness (QED) is 0.794. The van der Waals surface area contributed by atoms with Crippen molar-refractivity contribution >= 4 is 40.2 Å². The van der Waals surface area contributed by atoms with Crippen LogP contribution in [-0.2, 0) is 0 Å². The molecule has 0 saturated carbocycles. The smallest absolute Gasteiger partial charge is 0.104 e. The molecule has 0 aromatic heterocycles. The zero-order valence-electron chi connectivity index (χ0n) is 11.5. The summed E-state index contributed by atoms with van der Waals surface area (Å²) < 4.78 is 0. The highest BCUT2D eigenvalue weighted by atomic mass is 35.5. The van der Waals surface area contributed by atoms with Crippen LogP contribution in [0.15, 0.2) is 42.5 Å². The largest absolute Gasteiger partial charge is 0.389 e. The summed E-state index contributed by atoms with van der Waals surface area (Å²) in [6, 6.07) is 13.8. The topological polar surface area (TPSA) is 38.0 Å². The van der Waals surface area contributed by atoms with Gasteiger partial charge >= 0.3 is 0 Å². The first kappa shape index (κ1) is 14.8. The van der Waals surface area contributed by atoms with Gasteiger partial charge in [-0.1, -0.05) is 55.9 Å². The lowest BCUT2D eigenvalue weighted by molar-refractivity contribution is 0.869. The average Bonchev–Trinajstić information content (AvgIpc) is 2.41. The van der Waals surface area contributed by atoms with Gasteiger partial charge in [-0.2, -0.15) is 0 Å². The fourth-order valence-electron chi connectivity index (χ4n) is 2.03. The van der Waals surface area contributed by atoms with Gasteiger partial charge in [0.05, 0.1) is 10.7 Å². The molecule has 2 aromatic carbocycles. The number of nitrogens with two attached hydrogens (primary N) is 1. The number of benzene rings is 2. The highest BCUT2D eigenvalue weighted by Gasteiger charge is 2.08. The number of rotatable bonds is 4. The molecular weight excluding hydrogens is 288 g/mol. The van der Waals surface area contributed by atoms with Crippen molar-refractivity contribution in [1.29, 1.82) is 0 Å². The maximum absolute atomic E-state index is 6.28. The number of nitrogens with one attached hydrogen (secondary N) is 1. The summed E-state index contributed by atoms with van der Waals surface area (Å²) in [6.07, 6.45) is 0. The second kappa shape index (κ2) is 6.25. The Bertz CT molecular complexity index is 638. The highest BCUT2D eigenvalue weighted by Crippen LogP contribution is 2.30. The molecule has 0 aliphatic rings. The predicted octanol–water partition coefficient (Wildman–Crippen LogP) is 4.84. The monoisotopic (exact) mass is 304 g/mol. The first-order valence-corrected chi connectivity index (χ1v) is 7.23. The molecule has 20 heavy (non-hydrogen) atoms. The Morgan fingerprint density at radius 2 is 1.85 bits per heavy atom. The van der Waals surface area contributed by atoms with Gasteiger partial charge in [-0.05, 0) is 35.7 Å². The molecule has 0 radical (unpaired) electrons. The Hall–Kier alpha value is -1.58. The van der Waals surface area contributed by atoms with E-state index in [0.717, 1.165) is 16.9 Å². The van der Waals surface area contributed by atoms with E-state index in [1.165, 1.54) is 5.56 Å². The molecule has 0 aliphatic heterocycles. The van der Waals surface area contributed by atoms with E-state index in [0.29, 0.717) is 15.9 Å². The molecule has 0 unspecified atom stereocenters. The minimum absolute atomic E-state index is 0.348. The Balaban J connectivity index is 2.33. The molecule has 2 nitrogen and oxygen atoms in total. The number of anilines is 2. The summed E-state index contributed by atoms with van der Waals surface area (Å²) in [5.41, 5.74) is 9.53. The first-order chi connectivity index (χ1) is 9.49. The van der Waals surface area contributed by atoms with Crippen LogP contribution in [0.5, 0.6) is 0 Å². The van der Waals surface area contributed by atoms with E-state index in [9.17, 15) is 0 Å². The second-order valence-electron chi connectivity index (χ2n) is 4.93. The van der Waals surface area contributed by atoms with Crippen LogP contribution < -0.4 is 11.1 Å². The zero-order chi connectivity index (χ0) is 14.7. The fourth-order valence-corrected chi connectivity index (χ4v) is 2.38. The molecule has 0 heterocycles. The van der Waals surface area contributed by atoms with Gasteiger partial charge in [0.1, 0.15) is 4.99 Å². The molecule has 0 bridgehead atoms. The van der Waals surface area contributed by atoms with Gasteiger partial charge in [-0.25, -0.2) is 0 Å². The first-order valence-electron chi connectivity index (χ1n) is 6.44. The molecule has 0 aliphatic carbocycles. The van der Waals surface area contributed by atoms with Crippen LogP contribution >= 0.6 is 23.8 Å². The second-order valence-corrected chi connectivity index (χ2v) is 5.77. The zero-order valence-corrected chi connectivity index (χ0v) is 13.1. The molecule has 0 fully saturated rings. The standard InChI is InChI=1S/C16H17ClN2S/c1-10(2)12-5-3-4-6-14(12)19-15-8-7-11(16(18)20)9-13(15)17/h3-10,19H,1-2H3,(H2,18,20). The maximum atomic E-state index is 6.28. The van der Waals surface area contributed by atoms with E-state index < -0.39 is 0 Å². The van der Waals surface area contributed by atoms with Crippen LogP contribution in [0.1, 0.15) is 30.9 Å². The van der Waals surface area contributed by atoms with Crippen molar-refractivity contribution in [2.24, 2.45) is 5.73 Å². The third-order valence-electron chi connectivity index (χ3n) is 3.11. The van der Waals surface area contributed by atoms with Crippen molar-refractivity contribution < 1.29 is 0 Å². The van der Waals surface area contributed by atoms with Gasteiger partial charge in [0.25, 0.3) is 0 Å². The Morgan fingerprint density at radius 1 is 1.15 bits per heavy atom. The number of para-hydroxylation sites is 1. The van der Waals surface area contributed by atoms with Crippen LogP contribution in [0.2, 0.25) is 5.02 Å². The van der Waals surface area contributed by atoms with Crippen LogP contribution in [0, 0.1) is 0 Å². The number of thiocarbonyl (C=S) groups is 1. The van der Waals surface area contributed by atoms with Crippen LogP contribution in [-0.4, -0.2) is 4.99 Å². The molecule has 104 valence electrons. The van der Waals surface area contributed by atoms with Crippen LogP contribution in [0.3, 0.4) is 0 Å². The lowest BCUT2D eigenvalue weighted by Gasteiger charge is -2.15. The van der Waals surface area contributed by atoms with Crippen molar-refractivity contribution in [3.05, 3.63) is 58.6 Å². The van der Waals surface area contributed by atoms with Crippen molar-refractivity contribution in [1.82, 2.24) is 0 Å². The molecule has 4 heteroatoms. The SMILES string of the molecule is CC(C)c1ccccc1Nc1ccc(C(N)=S)cc1Cl. The molecule has 2 aromatic rings. The summed E-state index contributed by atoms with van der Waals surface area (Å²) in [4.78, 5) is 0.348. The third kappa shape index (κ3) is 3.30. The van der Waals surface area contributed by atoms with Crippen molar-refractivity contribution in [3.63, 3.8) is 0 Å². The van der Waals surface area contributed by atoms with Crippen molar-refractivity contribution in [3.8, 4) is 0 Å². The minimum atomic E-state index is 0.348. The Morgan fingerprint density at radius 3 is 2.45 bits per heavy atom. The Kier molecular flexibility index (Phi) is 4.63. The maximum Gasteiger partial charge on any atom is 0.104 e. The van der Waals surface area contributed by atoms with Gasteiger partial charge in [0.15, 0.2) is 0 Å². The van der Waals surface area contributed by atoms with E-state index in [1.54, 1.807) is 6.07 Å². The van der Waals surface area contributed by atoms with E-state index in [4.69, 9.17) is 29.6 Å². The summed E-state index contributed by atoms with van der Waals surface area (Å²) in [6.45, 7) is 4.33. The molecule has 2 rings (SSSR count). The third-order valence-corrected chi connectivity index (χ3v) is 3.65. The minimum Gasteiger partial charge on any atom is -0.389 e. The van der Waals surface area contributed by atoms with E-state index in [1.807, 2.05) is 30.3 Å². The van der Waals surface area contributed by atoms with Gasteiger partial charge in [-0.15, -0.1) is 0 Å². The molecular formula is C16H17ClN2S. The highest BCUT2D eigenvalue weighted by molar-refractivity contribution is 7.80. The van der Waals surface area contributed by atoms with Crippen LogP contribution in [0.25, 0.3) is 0 Å². The van der Waals surface area contributed by atoms with Gasteiger partial charge in [0.2, 0.25) is 0 Å². The Labute approximate surface area is 130 Å². The van der Waals surface area contributed by atoms with Crippen LogP contribution in [0.4, 0.5) is 11.4 Å². The average molecular weight is 305 g/mol. The molecule has 3 N–H and O–H groups in total.